The summed E-state index contributed by atoms with van der Waals surface area (Å²) in [5.74, 6) is 0.106. The SMILES string of the molecule is CC(Nc1nccc(-c2cc(C(=O)NC3CN4CCC3CC4)c(=O)[nH]c2-c2cccc(C(F)(F)F)c2)n1)c1ccccc1. The van der Waals surface area contributed by atoms with Gasteiger partial charge in [0.1, 0.15) is 5.56 Å². The zero-order chi connectivity index (χ0) is 30.1. The summed E-state index contributed by atoms with van der Waals surface area (Å²) < 4.78 is 40.8. The van der Waals surface area contributed by atoms with E-state index in [9.17, 15) is 22.8 Å². The molecule has 3 fully saturated rings. The number of amides is 1. The number of anilines is 1. The van der Waals surface area contributed by atoms with Crippen molar-refractivity contribution in [1.82, 2.24) is 25.2 Å². The van der Waals surface area contributed by atoms with E-state index in [1.165, 1.54) is 24.4 Å². The number of halogens is 3. The number of hydrogen-bond acceptors (Lipinski definition) is 6. The molecule has 0 radical (unpaired) electrons. The molecular formula is C32H31F3N6O2. The van der Waals surface area contributed by atoms with E-state index >= 15 is 0 Å². The number of nitrogens with zero attached hydrogens (tertiary/aromatic N) is 3. The molecule has 3 saturated heterocycles. The molecule has 2 atom stereocenters. The summed E-state index contributed by atoms with van der Waals surface area (Å²) in [7, 11) is 0. The Hall–Kier alpha value is -4.51. The monoisotopic (exact) mass is 588 g/mol. The highest BCUT2D eigenvalue weighted by Gasteiger charge is 2.35. The predicted octanol–water partition coefficient (Wildman–Crippen LogP) is 5.51. The fourth-order valence-electron chi connectivity index (χ4n) is 5.95. The van der Waals surface area contributed by atoms with Crippen molar-refractivity contribution in [2.24, 2.45) is 5.92 Å². The van der Waals surface area contributed by atoms with Gasteiger partial charge in [-0.3, -0.25) is 9.59 Å². The number of rotatable bonds is 7. The Bertz CT molecular complexity index is 1680. The van der Waals surface area contributed by atoms with Crippen LogP contribution in [-0.4, -0.2) is 51.4 Å². The van der Waals surface area contributed by atoms with Gasteiger partial charge in [-0.15, -0.1) is 0 Å². The molecule has 1 amide bonds. The first kappa shape index (κ1) is 28.6. The third kappa shape index (κ3) is 6.17. The summed E-state index contributed by atoms with van der Waals surface area (Å²) >= 11 is 0. The molecule has 4 aromatic rings. The standard InChI is InChI=1S/C32H31F3N6O2/c1-19(20-6-3-2-4-7-20)37-31-36-13-10-26(39-31)24-17-25(29(42)38-27-18-41-14-11-21(27)12-15-41)30(43)40-28(24)22-8-5-9-23(16-22)32(33,34)35/h2-10,13,16-17,19,21,27H,11-12,14-15,18H2,1H3,(H,38,42)(H,40,43)(H,36,37,39). The van der Waals surface area contributed by atoms with Gasteiger partial charge in [-0.25, -0.2) is 9.97 Å². The third-order valence-corrected chi connectivity index (χ3v) is 8.31. The van der Waals surface area contributed by atoms with E-state index in [0.717, 1.165) is 50.2 Å². The average Bonchev–Trinajstić information content (AvgIpc) is 3.01. The maximum atomic E-state index is 13.6. The summed E-state index contributed by atoms with van der Waals surface area (Å²) in [6.07, 6.45) is -1.08. The number of alkyl halides is 3. The number of hydrogen-bond donors (Lipinski definition) is 3. The minimum atomic E-state index is -4.58. The predicted molar refractivity (Wildman–Crippen MR) is 157 cm³/mol. The number of piperidine rings is 3. The molecule has 8 nitrogen and oxygen atoms in total. The van der Waals surface area contributed by atoms with Crippen molar-refractivity contribution in [3.63, 3.8) is 0 Å². The van der Waals surface area contributed by atoms with Gasteiger partial charge in [-0.05, 0) is 74.2 Å². The highest BCUT2D eigenvalue weighted by molar-refractivity contribution is 5.96. The summed E-state index contributed by atoms with van der Waals surface area (Å²) in [6, 6.07) is 17.2. The normalized spacial score (nSPS) is 20.4. The van der Waals surface area contributed by atoms with E-state index < -0.39 is 23.2 Å². The van der Waals surface area contributed by atoms with Crippen LogP contribution in [0.25, 0.3) is 22.5 Å². The second kappa shape index (κ2) is 11.6. The van der Waals surface area contributed by atoms with Gasteiger partial charge in [0, 0.05) is 24.3 Å². The highest BCUT2D eigenvalue weighted by Crippen LogP contribution is 2.35. The number of fused-ring (bicyclic) bond motifs is 3. The zero-order valence-electron chi connectivity index (χ0n) is 23.5. The Kier molecular flexibility index (Phi) is 7.74. The lowest BCUT2D eigenvalue weighted by Crippen LogP contribution is -2.57. The lowest BCUT2D eigenvalue weighted by molar-refractivity contribution is -0.137. The number of aromatic amines is 1. The first-order valence-corrected chi connectivity index (χ1v) is 14.3. The van der Waals surface area contributed by atoms with Crippen molar-refractivity contribution in [3.05, 3.63) is 100.0 Å². The molecule has 3 N–H and O–H groups in total. The van der Waals surface area contributed by atoms with E-state index in [2.05, 4.69) is 30.5 Å². The number of carbonyl (C=O) groups excluding carboxylic acids is 1. The maximum absolute atomic E-state index is 13.6. The molecule has 7 rings (SSSR count). The fraction of sp³-hybridized carbons (Fsp3) is 0.312. The minimum absolute atomic E-state index is 0.0738. The highest BCUT2D eigenvalue weighted by atomic mass is 19.4. The Balaban J connectivity index is 1.40. The lowest BCUT2D eigenvalue weighted by atomic mass is 9.84. The number of benzene rings is 2. The maximum Gasteiger partial charge on any atom is 0.416 e. The molecule has 5 heterocycles. The quantitative estimate of drug-likeness (QED) is 0.263. The smallest absolute Gasteiger partial charge is 0.348 e. The van der Waals surface area contributed by atoms with Crippen molar-refractivity contribution in [2.45, 2.75) is 38.0 Å². The average molecular weight is 589 g/mol. The van der Waals surface area contributed by atoms with Crippen LogP contribution in [-0.2, 0) is 6.18 Å². The molecule has 2 unspecified atom stereocenters. The van der Waals surface area contributed by atoms with Gasteiger partial charge in [0.2, 0.25) is 5.95 Å². The first-order chi connectivity index (χ1) is 20.7. The van der Waals surface area contributed by atoms with Crippen LogP contribution in [0, 0.1) is 5.92 Å². The van der Waals surface area contributed by atoms with Gasteiger partial charge in [0.05, 0.1) is 23.0 Å². The molecule has 3 aliphatic heterocycles. The number of aromatic nitrogens is 3. The number of carbonyl (C=O) groups is 1. The van der Waals surface area contributed by atoms with Crippen LogP contribution in [0.2, 0.25) is 0 Å². The number of nitrogens with one attached hydrogen (secondary N) is 3. The van der Waals surface area contributed by atoms with Crippen LogP contribution < -0.4 is 16.2 Å². The van der Waals surface area contributed by atoms with E-state index in [1.54, 1.807) is 6.07 Å². The van der Waals surface area contributed by atoms with Crippen LogP contribution >= 0.6 is 0 Å². The second-order valence-corrected chi connectivity index (χ2v) is 11.1. The molecule has 222 valence electrons. The molecule has 0 spiro atoms. The Morgan fingerprint density at radius 1 is 1.05 bits per heavy atom. The Labute approximate surface area is 246 Å². The van der Waals surface area contributed by atoms with Crippen LogP contribution in [0.3, 0.4) is 0 Å². The van der Waals surface area contributed by atoms with Gasteiger partial charge in [0.25, 0.3) is 11.5 Å². The Morgan fingerprint density at radius 3 is 2.51 bits per heavy atom. The Morgan fingerprint density at radius 2 is 1.81 bits per heavy atom. The number of pyridine rings is 1. The van der Waals surface area contributed by atoms with Gasteiger partial charge in [-0.1, -0.05) is 42.5 Å². The van der Waals surface area contributed by atoms with Crippen molar-refractivity contribution in [3.8, 4) is 22.5 Å². The fourth-order valence-corrected chi connectivity index (χ4v) is 5.95. The van der Waals surface area contributed by atoms with Crippen molar-refractivity contribution >= 4 is 11.9 Å². The molecule has 3 aliphatic rings. The topological polar surface area (TPSA) is 103 Å². The van der Waals surface area contributed by atoms with Crippen LogP contribution in [0.4, 0.5) is 19.1 Å². The first-order valence-electron chi connectivity index (χ1n) is 14.3. The molecule has 0 aliphatic carbocycles. The van der Waals surface area contributed by atoms with E-state index in [4.69, 9.17) is 0 Å². The molecule has 2 aromatic heterocycles. The molecule has 2 bridgehead atoms. The van der Waals surface area contributed by atoms with Crippen LogP contribution in [0.15, 0.2) is 77.7 Å². The van der Waals surface area contributed by atoms with Crippen LogP contribution in [0.5, 0.6) is 0 Å². The second-order valence-electron chi connectivity index (χ2n) is 11.1. The molecule has 43 heavy (non-hydrogen) atoms. The summed E-state index contributed by atoms with van der Waals surface area (Å²) in [4.78, 5) is 40.7. The largest absolute Gasteiger partial charge is 0.416 e. The van der Waals surface area contributed by atoms with E-state index in [0.29, 0.717) is 17.2 Å². The zero-order valence-corrected chi connectivity index (χ0v) is 23.5. The number of H-pyrrole nitrogens is 1. The van der Waals surface area contributed by atoms with Crippen molar-refractivity contribution in [1.29, 1.82) is 0 Å². The lowest BCUT2D eigenvalue weighted by Gasteiger charge is -2.44. The minimum Gasteiger partial charge on any atom is -0.348 e. The summed E-state index contributed by atoms with van der Waals surface area (Å²) in [5, 5.41) is 6.28. The van der Waals surface area contributed by atoms with Crippen molar-refractivity contribution in [2.75, 3.05) is 25.0 Å². The molecular weight excluding hydrogens is 557 g/mol. The molecule has 11 heteroatoms. The van der Waals surface area contributed by atoms with Gasteiger partial charge in [0.15, 0.2) is 0 Å². The van der Waals surface area contributed by atoms with Crippen LogP contribution in [0.1, 0.15) is 47.3 Å². The molecule has 0 saturated carbocycles. The third-order valence-electron chi connectivity index (χ3n) is 8.31. The van der Waals surface area contributed by atoms with E-state index in [1.807, 2.05) is 37.3 Å². The summed E-state index contributed by atoms with van der Waals surface area (Å²) in [6.45, 7) is 4.68. The van der Waals surface area contributed by atoms with E-state index in [-0.39, 0.29) is 34.9 Å². The van der Waals surface area contributed by atoms with Gasteiger partial charge < -0.3 is 20.5 Å². The van der Waals surface area contributed by atoms with Gasteiger partial charge in [-0.2, -0.15) is 13.2 Å². The summed E-state index contributed by atoms with van der Waals surface area (Å²) in [5.41, 5.74) is 0.218. The van der Waals surface area contributed by atoms with Gasteiger partial charge >= 0.3 is 6.18 Å². The molecule has 2 aromatic carbocycles. The van der Waals surface area contributed by atoms with Crippen molar-refractivity contribution < 1.29 is 18.0 Å².